The third-order valence-corrected chi connectivity index (χ3v) is 4.83. The summed E-state index contributed by atoms with van der Waals surface area (Å²) in [5.74, 6) is 0.401. The van der Waals surface area contributed by atoms with E-state index in [1.165, 1.54) is 0 Å². The Balaban J connectivity index is 0. The van der Waals surface area contributed by atoms with Gasteiger partial charge in [-0.1, -0.05) is 64.1 Å². The lowest BCUT2D eigenvalue weighted by atomic mass is 10.3. The van der Waals surface area contributed by atoms with Crippen LogP contribution in [0.15, 0.2) is 66.0 Å². The summed E-state index contributed by atoms with van der Waals surface area (Å²) < 4.78 is 0. The lowest BCUT2D eigenvalue weighted by Gasteiger charge is -2.00. The highest BCUT2D eigenvalue weighted by molar-refractivity contribution is 7.80. The molecule has 188 valence electrons. The van der Waals surface area contributed by atoms with Gasteiger partial charge in [0.05, 0.1) is 23.3 Å². The molecule has 34 heavy (non-hydrogen) atoms. The summed E-state index contributed by atoms with van der Waals surface area (Å²) in [6.45, 7) is 8.00. The predicted octanol–water partition coefficient (Wildman–Crippen LogP) is 8.05. The second kappa shape index (κ2) is 24.2. The zero-order valence-electron chi connectivity index (χ0n) is 19.9. The SMILES string of the molecule is CC.CC.ClCc1csc(Nc2ccccc2)n1.NC(=S)Nc1ccccc1.O=C(CCl)CCl. The minimum absolute atomic E-state index is 0.0312. The van der Waals surface area contributed by atoms with Crippen LogP contribution in [0, 0.1) is 0 Å². The molecular weight excluding hydrogens is 531 g/mol. The average Bonchev–Trinajstić information content (AvgIpc) is 3.35. The molecule has 3 rings (SSSR count). The maximum absolute atomic E-state index is 9.92. The fourth-order valence-corrected chi connectivity index (χ4v) is 3.13. The Bertz CT molecular complexity index is 876. The Kier molecular flexibility index (Phi) is 24.4. The maximum atomic E-state index is 9.92. The summed E-state index contributed by atoms with van der Waals surface area (Å²) in [7, 11) is 0. The first-order chi connectivity index (χ1) is 16.5. The topological polar surface area (TPSA) is 80.0 Å². The molecule has 0 saturated carbocycles. The molecule has 0 aliphatic heterocycles. The van der Waals surface area contributed by atoms with E-state index in [-0.39, 0.29) is 17.5 Å². The quantitative estimate of drug-likeness (QED) is 0.208. The van der Waals surface area contributed by atoms with Crippen LogP contribution < -0.4 is 16.4 Å². The van der Waals surface area contributed by atoms with Crippen LogP contribution in [0.4, 0.5) is 16.5 Å². The number of nitrogens with two attached hydrogens (primary N) is 1. The normalized spacial score (nSPS) is 8.56. The van der Waals surface area contributed by atoms with Crippen molar-refractivity contribution in [3.05, 3.63) is 71.7 Å². The van der Waals surface area contributed by atoms with Gasteiger partial charge in [-0.15, -0.1) is 46.1 Å². The molecule has 5 nitrogen and oxygen atoms in total. The van der Waals surface area contributed by atoms with Gasteiger partial charge in [-0.05, 0) is 36.5 Å². The van der Waals surface area contributed by atoms with Gasteiger partial charge in [-0.3, -0.25) is 4.79 Å². The highest BCUT2D eigenvalue weighted by Gasteiger charge is 2.00. The van der Waals surface area contributed by atoms with Gasteiger partial charge >= 0.3 is 0 Å². The minimum Gasteiger partial charge on any atom is -0.376 e. The van der Waals surface area contributed by atoms with E-state index in [9.17, 15) is 4.79 Å². The summed E-state index contributed by atoms with van der Waals surface area (Å²) in [4.78, 5) is 14.2. The molecular formula is C24H33Cl3N4OS2. The van der Waals surface area contributed by atoms with Crippen molar-refractivity contribution >= 4 is 85.8 Å². The van der Waals surface area contributed by atoms with Gasteiger partial charge in [0, 0.05) is 16.8 Å². The van der Waals surface area contributed by atoms with Crippen LogP contribution >= 0.6 is 58.4 Å². The Hall–Kier alpha value is -1.90. The fraction of sp³-hybridized carbons (Fsp3) is 0.292. The van der Waals surface area contributed by atoms with Crippen LogP contribution in [0.1, 0.15) is 33.4 Å². The number of carbonyl (C=O) groups excluding carboxylic acids is 1. The average molecular weight is 564 g/mol. The molecule has 0 bridgehead atoms. The van der Waals surface area contributed by atoms with Gasteiger partial charge in [0.2, 0.25) is 0 Å². The number of carbonyl (C=O) groups is 1. The number of benzene rings is 2. The number of hydrogen-bond acceptors (Lipinski definition) is 5. The van der Waals surface area contributed by atoms with Crippen molar-refractivity contribution < 1.29 is 4.79 Å². The van der Waals surface area contributed by atoms with Gasteiger partial charge in [-0.25, -0.2) is 4.98 Å². The van der Waals surface area contributed by atoms with Crippen molar-refractivity contribution in [2.75, 3.05) is 22.4 Å². The van der Waals surface area contributed by atoms with E-state index < -0.39 is 0 Å². The Morgan fingerprint density at radius 1 is 0.912 bits per heavy atom. The summed E-state index contributed by atoms with van der Waals surface area (Å²) in [5.41, 5.74) is 8.13. The predicted molar refractivity (Wildman–Crippen MR) is 157 cm³/mol. The zero-order valence-corrected chi connectivity index (χ0v) is 23.8. The van der Waals surface area contributed by atoms with E-state index in [0.717, 1.165) is 22.2 Å². The number of nitrogens with zero attached hydrogens (tertiary/aromatic N) is 1. The van der Waals surface area contributed by atoms with Crippen molar-refractivity contribution in [2.24, 2.45) is 5.73 Å². The summed E-state index contributed by atoms with van der Waals surface area (Å²) >= 11 is 21.9. The van der Waals surface area contributed by atoms with Gasteiger partial charge in [-0.2, -0.15) is 0 Å². The van der Waals surface area contributed by atoms with Crippen LogP contribution in [0.2, 0.25) is 0 Å². The number of Topliss-reactive ketones (excluding diaryl/α,β-unsaturated/α-hetero) is 1. The Labute approximate surface area is 228 Å². The van der Waals surface area contributed by atoms with Crippen LogP contribution in [0.25, 0.3) is 0 Å². The van der Waals surface area contributed by atoms with E-state index >= 15 is 0 Å². The molecule has 2 aromatic carbocycles. The number of nitrogens with one attached hydrogen (secondary N) is 2. The van der Waals surface area contributed by atoms with Crippen molar-refractivity contribution in [3.8, 4) is 0 Å². The first kappa shape index (κ1) is 34.3. The van der Waals surface area contributed by atoms with E-state index in [1.807, 2.05) is 93.7 Å². The number of thiazole rings is 1. The summed E-state index contributed by atoms with van der Waals surface area (Å²) in [6.07, 6.45) is 0. The standard InChI is InChI=1S/C10H9ClN2S.C7H8N2S.C3H4Cl2O.2C2H6/c11-6-9-7-14-10(13-9)12-8-4-2-1-3-5-8;8-7(10)9-6-4-2-1-3-5-6;4-1-3(6)2-5;2*1-2/h1-5,7H,6H2,(H,12,13);1-5H,(H3,8,9,10);1-2H2;2*1-2H3. The largest absolute Gasteiger partial charge is 0.376 e. The molecule has 0 atom stereocenters. The minimum atomic E-state index is -0.127. The molecule has 0 aliphatic carbocycles. The second-order valence-electron chi connectivity index (χ2n) is 5.43. The first-order valence-corrected chi connectivity index (χ1v) is 13.4. The monoisotopic (exact) mass is 562 g/mol. The molecule has 1 aromatic heterocycles. The molecule has 4 N–H and O–H groups in total. The zero-order chi connectivity index (χ0) is 26.2. The fourth-order valence-electron chi connectivity index (χ4n) is 1.77. The number of aromatic nitrogens is 1. The Morgan fingerprint density at radius 3 is 1.74 bits per heavy atom. The third kappa shape index (κ3) is 18.5. The summed E-state index contributed by atoms with van der Waals surface area (Å²) in [5, 5.41) is 9.16. The molecule has 0 fully saturated rings. The lowest BCUT2D eigenvalue weighted by molar-refractivity contribution is -0.114. The van der Waals surface area contributed by atoms with Gasteiger partial charge in [0.15, 0.2) is 16.0 Å². The molecule has 0 amide bonds. The smallest absolute Gasteiger partial charge is 0.187 e. The molecule has 0 saturated heterocycles. The number of para-hydroxylation sites is 2. The number of hydrogen-bond donors (Lipinski definition) is 3. The van der Waals surface area contributed by atoms with E-state index in [1.54, 1.807) is 11.3 Å². The number of ketones is 1. The number of anilines is 3. The van der Waals surface area contributed by atoms with Gasteiger partial charge in [0.1, 0.15) is 0 Å². The number of thiocarbonyl (C=S) groups is 1. The van der Waals surface area contributed by atoms with Crippen LogP contribution in [-0.2, 0) is 10.7 Å². The van der Waals surface area contributed by atoms with Crippen LogP contribution in [0.3, 0.4) is 0 Å². The van der Waals surface area contributed by atoms with Gasteiger partial charge < -0.3 is 16.4 Å². The lowest BCUT2D eigenvalue weighted by Crippen LogP contribution is -2.18. The maximum Gasteiger partial charge on any atom is 0.187 e. The molecule has 0 radical (unpaired) electrons. The molecule has 3 aromatic rings. The molecule has 1 heterocycles. The number of rotatable bonds is 6. The summed E-state index contributed by atoms with van der Waals surface area (Å²) in [6, 6.07) is 19.5. The molecule has 0 aliphatic rings. The first-order valence-electron chi connectivity index (χ1n) is 10.6. The van der Waals surface area contributed by atoms with E-state index in [0.29, 0.717) is 11.0 Å². The van der Waals surface area contributed by atoms with Gasteiger partial charge in [0.25, 0.3) is 0 Å². The van der Waals surface area contributed by atoms with Crippen LogP contribution in [-0.4, -0.2) is 27.6 Å². The third-order valence-electron chi connectivity index (χ3n) is 3.05. The number of alkyl halides is 3. The molecule has 0 spiro atoms. The molecule has 10 heteroatoms. The van der Waals surface area contributed by atoms with Crippen molar-refractivity contribution in [2.45, 2.75) is 33.6 Å². The van der Waals surface area contributed by atoms with E-state index in [2.05, 4.69) is 27.8 Å². The van der Waals surface area contributed by atoms with Crippen LogP contribution in [0.5, 0.6) is 0 Å². The number of halogens is 3. The Morgan fingerprint density at radius 2 is 1.38 bits per heavy atom. The highest BCUT2D eigenvalue weighted by Crippen LogP contribution is 2.21. The van der Waals surface area contributed by atoms with E-state index in [4.69, 9.17) is 40.5 Å². The van der Waals surface area contributed by atoms with Crippen molar-refractivity contribution in [1.29, 1.82) is 0 Å². The van der Waals surface area contributed by atoms with Crippen molar-refractivity contribution in [1.82, 2.24) is 4.98 Å². The second-order valence-corrected chi connectivity index (χ2v) is 7.53. The van der Waals surface area contributed by atoms with Crippen molar-refractivity contribution in [3.63, 3.8) is 0 Å². The molecule has 0 unspecified atom stereocenters. The highest BCUT2D eigenvalue weighted by atomic mass is 35.5.